The molecule has 13 heavy (non-hydrogen) atoms. The van der Waals surface area contributed by atoms with Crippen molar-refractivity contribution in [2.75, 3.05) is 13.1 Å². The number of carbonyl (C=O) groups excluding carboxylic acids is 1. The summed E-state index contributed by atoms with van der Waals surface area (Å²) in [6, 6.07) is 0. The van der Waals surface area contributed by atoms with Gasteiger partial charge in [0.25, 0.3) is 5.91 Å². The first-order chi connectivity index (χ1) is 6.19. The zero-order chi connectivity index (χ0) is 9.84. The molecule has 0 radical (unpaired) electrons. The van der Waals surface area contributed by atoms with E-state index in [1.54, 1.807) is 4.90 Å². The third-order valence-corrected chi connectivity index (χ3v) is 3.25. The first kappa shape index (κ1) is 10.7. The Morgan fingerprint density at radius 2 is 2.23 bits per heavy atom. The molecule has 0 spiro atoms. The number of rotatable bonds is 3. The Bertz CT molecular complexity index is 296. The van der Waals surface area contributed by atoms with Crippen molar-refractivity contribution in [1.29, 1.82) is 0 Å². The highest BCUT2D eigenvalue weighted by atomic mass is 79.9. The fourth-order valence-electron chi connectivity index (χ4n) is 0.998. The van der Waals surface area contributed by atoms with Gasteiger partial charge in [-0.15, -0.1) is 11.3 Å². The van der Waals surface area contributed by atoms with Crippen molar-refractivity contribution in [3.05, 3.63) is 15.0 Å². The predicted molar refractivity (Wildman–Crippen MR) is 57.1 cm³/mol. The van der Waals surface area contributed by atoms with Crippen molar-refractivity contribution < 1.29 is 4.79 Å². The Morgan fingerprint density at radius 3 is 2.62 bits per heavy atom. The molecule has 0 aliphatic heterocycles. The smallest absolute Gasteiger partial charge is 0.282 e. The number of aromatic nitrogens is 1. The number of hydrogen-bond acceptors (Lipinski definition) is 3. The van der Waals surface area contributed by atoms with Crippen LogP contribution in [-0.2, 0) is 0 Å². The summed E-state index contributed by atoms with van der Waals surface area (Å²) in [6.45, 7) is 5.38. The average Bonchev–Trinajstić information content (AvgIpc) is 2.54. The van der Waals surface area contributed by atoms with Crippen LogP contribution in [0.5, 0.6) is 0 Å². The number of hydrogen-bond donors (Lipinski definition) is 0. The van der Waals surface area contributed by atoms with Crippen molar-refractivity contribution >= 4 is 33.2 Å². The summed E-state index contributed by atoms with van der Waals surface area (Å²) < 4.78 is 0.730. The van der Waals surface area contributed by atoms with E-state index in [0.29, 0.717) is 5.01 Å². The third-order valence-electron chi connectivity index (χ3n) is 1.71. The van der Waals surface area contributed by atoms with E-state index < -0.39 is 0 Å². The van der Waals surface area contributed by atoms with Crippen LogP contribution in [-0.4, -0.2) is 28.9 Å². The van der Waals surface area contributed by atoms with Gasteiger partial charge < -0.3 is 4.90 Å². The zero-order valence-electron chi connectivity index (χ0n) is 7.58. The molecule has 0 aromatic carbocycles. The van der Waals surface area contributed by atoms with Crippen LogP contribution in [0.3, 0.4) is 0 Å². The topological polar surface area (TPSA) is 33.2 Å². The van der Waals surface area contributed by atoms with Gasteiger partial charge in [0.15, 0.2) is 5.01 Å². The second-order valence-corrected chi connectivity index (χ2v) is 4.12. The van der Waals surface area contributed by atoms with Crippen LogP contribution >= 0.6 is 27.3 Å². The normalized spacial score (nSPS) is 10.1. The van der Waals surface area contributed by atoms with E-state index in [9.17, 15) is 4.79 Å². The molecule has 0 bridgehead atoms. The predicted octanol–water partition coefficient (Wildman–Crippen LogP) is 2.39. The molecule has 1 amide bonds. The zero-order valence-corrected chi connectivity index (χ0v) is 9.98. The number of amides is 1. The second kappa shape index (κ2) is 4.72. The summed E-state index contributed by atoms with van der Waals surface area (Å²) in [6.07, 6.45) is 0. The molecule has 0 N–H and O–H groups in total. The third kappa shape index (κ3) is 2.51. The maximum Gasteiger partial charge on any atom is 0.282 e. The lowest BCUT2D eigenvalue weighted by molar-refractivity contribution is 0.0772. The molecule has 0 saturated heterocycles. The van der Waals surface area contributed by atoms with Gasteiger partial charge in [-0.1, -0.05) is 0 Å². The lowest BCUT2D eigenvalue weighted by Crippen LogP contribution is -2.30. The van der Waals surface area contributed by atoms with Crippen LogP contribution in [0.4, 0.5) is 0 Å². The lowest BCUT2D eigenvalue weighted by atomic mass is 10.4. The van der Waals surface area contributed by atoms with Crippen LogP contribution < -0.4 is 0 Å². The van der Waals surface area contributed by atoms with E-state index in [-0.39, 0.29) is 5.91 Å². The molecule has 0 atom stereocenters. The molecule has 0 fully saturated rings. The van der Waals surface area contributed by atoms with Gasteiger partial charge in [-0.05, 0) is 29.8 Å². The molecule has 1 aromatic heterocycles. The van der Waals surface area contributed by atoms with Gasteiger partial charge in [0, 0.05) is 18.5 Å². The van der Waals surface area contributed by atoms with E-state index in [2.05, 4.69) is 20.9 Å². The van der Waals surface area contributed by atoms with Gasteiger partial charge in [-0.3, -0.25) is 4.79 Å². The van der Waals surface area contributed by atoms with Gasteiger partial charge in [0.2, 0.25) is 0 Å². The van der Waals surface area contributed by atoms with Crippen molar-refractivity contribution in [2.24, 2.45) is 0 Å². The molecular weight excluding hydrogens is 252 g/mol. The summed E-state index contributed by atoms with van der Waals surface area (Å²) in [5.41, 5.74) is 0. The molecule has 1 heterocycles. The maximum absolute atomic E-state index is 11.7. The number of carbonyl (C=O) groups is 1. The Kier molecular flexibility index (Phi) is 3.87. The highest BCUT2D eigenvalue weighted by Gasteiger charge is 2.15. The molecular formula is C8H11BrN2OS. The van der Waals surface area contributed by atoms with Crippen LogP contribution in [0.1, 0.15) is 23.6 Å². The summed E-state index contributed by atoms with van der Waals surface area (Å²) in [5.74, 6) is 0.0145. The molecule has 0 unspecified atom stereocenters. The fourth-order valence-corrected chi connectivity index (χ4v) is 2.22. The summed E-state index contributed by atoms with van der Waals surface area (Å²) in [4.78, 5) is 17.5. The molecule has 72 valence electrons. The molecule has 3 nitrogen and oxygen atoms in total. The quantitative estimate of drug-likeness (QED) is 0.838. The van der Waals surface area contributed by atoms with Crippen LogP contribution in [0, 0.1) is 0 Å². The van der Waals surface area contributed by atoms with Gasteiger partial charge >= 0.3 is 0 Å². The summed E-state index contributed by atoms with van der Waals surface area (Å²) in [7, 11) is 0. The fraction of sp³-hybridized carbons (Fsp3) is 0.500. The van der Waals surface area contributed by atoms with E-state index >= 15 is 0 Å². The van der Waals surface area contributed by atoms with Gasteiger partial charge in [-0.25, -0.2) is 4.98 Å². The molecule has 0 aliphatic rings. The minimum Gasteiger partial charge on any atom is -0.337 e. The van der Waals surface area contributed by atoms with Gasteiger partial charge in [0.1, 0.15) is 4.60 Å². The summed E-state index contributed by atoms with van der Waals surface area (Å²) in [5, 5.41) is 2.37. The molecule has 1 aromatic rings. The van der Waals surface area contributed by atoms with Crippen LogP contribution in [0.25, 0.3) is 0 Å². The Labute approximate surface area is 89.9 Å². The van der Waals surface area contributed by atoms with E-state index in [1.165, 1.54) is 11.3 Å². The largest absolute Gasteiger partial charge is 0.337 e. The minimum absolute atomic E-state index is 0.0145. The van der Waals surface area contributed by atoms with Crippen molar-refractivity contribution in [3.8, 4) is 0 Å². The number of nitrogens with zero attached hydrogens (tertiary/aromatic N) is 2. The van der Waals surface area contributed by atoms with Crippen molar-refractivity contribution in [1.82, 2.24) is 9.88 Å². The van der Waals surface area contributed by atoms with E-state index in [1.807, 2.05) is 19.2 Å². The number of halogens is 1. The Morgan fingerprint density at radius 1 is 1.62 bits per heavy atom. The molecule has 1 rings (SSSR count). The highest BCUT2D eigenvalue weighted by molar-refractivity contribution is 9.10. The first-order valence-corrected chi connectivity index (χ1v) is 5.76. The Hall–Kier alpha value is -0.420. The van der Waals surface area contributed by atoms with E-state index in [0.717, 1.165) is 17.7 Å². The van der Waals surface area contributed by atoms with E-state index in [4.69, 9.17) is 0 Å². The van der Waals surface area contributed by atoms with Gasteiger partial charge in [-0.2, -0.15) is 0 Å². The average molecular weight is 263 g/mol. The monoisotopic (exact) mass is 262 g/mol. The maximum atomic E-state index is 11.7. The molecule has 5 heteroatoms. The molecule has 0 aliphatic carbocycles. The standard InChI is InChI=1S/C8H11BrN2OS/c1-3-11(4-2)8(12)7-10-6(9)5-13-7/h5H,3-4H2,1-2H3. The van der Waals surface area contributed by atoms with Gasteiger partial charge in [0.05, 0.1) is 0 Å². The second-order valence-electron chi connectivity index (χ2n) is 2.45. The highest BCUT2D eigenvalue weighted by Crippen LogP contribution is 2.16. The Balaban J connectivity index is 2.78. The van der Waals surface area contributed by atoms with Crippen LogP contribution in [0.15, 0.2) is 9.98 Å². The lowest BCUT2D eigenvalue weighted by Gasteiger charge is -2.16. The minimum atomic E-state index is 0.0145. The van der Waals surface area contributed by atoms with Crippen molar-refractivity contribution in [3.63, 3.8) is 0 Å². The SMILES string of the molecule is CCN(CC)C(=O)c1nc(Br)cs1. The summed E-state index contributed by atoms with van der Waals surface area (Å²) >= 11 is 4.59. The van der Waals surface area contributed by atoms with Crippen molar-refractivity contribution in [2.45, 2.75) is 13.8 Å². The molecule has 0 saturated carbocycles. The number of thiazole rings is 1. The van der Waals surface area contributed by atoms with Crippen LogP contribution in [0.2, 0.25) is 0 Å². The first-order valence-electron chi connectivity index (χ1n) is 4.09.